The Kier molecular flexibility index (Phi) is 5.18. The molecule has 0 unspecified atom stereocenters. The average molecular weight is 412 g/mol. The van der Waals surface area contributed by atoms with Gasteiger partial charge in [-0.1, -0.05) is 48.5 Å². The van der Waals surface area contributed by atoms with Gasteiger partial charge in [0.05, 0.1) is 5.56 Å². The van der Waals surface area contributed by atoms with Crippen LogP contribution in [0.5, 0.6) is 5.88 Å². The second kappa shape index (κ2) is 7.96. The third-order valence-corrected chi connectivity index (χ3v) is 5.54. The third-order valence-electron chi connectivity index (χ3n) is 5.54. The summed E-state index contributed by atoms with van der Waals surface area (Å²) in [6.07, 6.45) is 0.458. The molecule has 1 N–H and O–H groups in total. The molecule has 0 aliphatic heterocycles. The number of carbonyl (C=O) groups is 1. The van der Waals surface area contributed by atoms with Gasteiger partial charge in [0.2, 0.25) is 11.7 Å². The van der Waals surface area contributed by atoms with E-state index in [4.69, 9.17) is 4.42 Å². The van der Waals surface area contributed by atoms with Gasteiger partial charge in [0.25, 0.3) is 5.56 Å². The SMILES string of the molecule is Cc1c(C(=O)c2oc3ccccc3c2C)c(O)n(CCc2ccccc2)c(=O)c1C#N. The summed E-state index contributed by atoms with van der Waals surface area (Å²) < 4.78 is 6.85. The first-order chi connectivity index (χ1) is 14.9. The van der Waals surface area contributed by atoms with Crippen molar-refractivity contribution >= 4 is 16.8 Å². The lowest BCUT2D eigenvalue weighted by atomic mass is 9.98. The van der Waals surface area contributed by atoms with Crippen LogP contribution in [0.1, 0.15) is 38.4 Å². The Hall–Kier alpha value is -4.11. The molecule has 2 aromatic heterocycles. The monoisotopic (exact) mass is 412 g/mol. The van der Waals surface area contributed by atoms with Crippen LogP contribution in [-0.2, 0) is 13.0 Å². The van der Waals surface area contributed by atoms with E-state index in [-0.39, 0.29) is 29.0 Å². The van der Waals surface area contributed by atoms with Crippen LogP contribution in [0.2, 0.25) is 0 Å². The highest BCUT2D eigenvalue weighted by molar-refractivity contribution is 6.12. The maximum absolute atomic E-state index is 13.4. The average Bonchev–Trinajstić information content (AvgIpc) is 3.11. The van der Waals surface area contributed by atoms with Crippen molar-refractivity contribution in [2.24, 2.45) is 0 Å². The molecule has 0 fully saturated rings. The number of nitriles is 1. The number of aromatic hydroxyl groups is 1. The van der Waals surface area contributed by atoms with E-state index in [0.717, 1.165) is 15.5 Å². The van der Waals surface area contributed by atoms with Gasteiger partial charge in [0, 0.05) is 17.5 Å². The number of rotatable bonds is 5. The fraction of sp³-hybridized carbons (Fsp3) is 0.160. The largest absolute Gasteiger partial charge is 0.494 e. The summed E-state index contributed by atoms with van der Waals surface area (Å²) >= 11 is 0. The molecule has 2 heterocycles. The van der Waals surface area contributed by atoms with Gasteiger partial charge in [-0.3, -0.25) is 14.2 Å². The molecule has 4 aromatic rings. The highest BCUT2D eigenvalue weighted by atomic mass is 16.3. The minimum absolute atomic E-state index is 0.0803. The van der Waals surface area contributed by atoms with Gasteiger partial charge < -0.3 is 9.52 Å². The van der Waals surface area contributed by atoms with Gasteiger partial charge in [-0.15, -0.1) is 0 Å². The Morgan fingerprint density at radius 3 is 2.42 bits per heavy atom. The number of fused-ring (bicyclic) bond motifs is 1. The highest BCUT2D eigenvalue weighted by Gasteiger charge is 2.28. The van der Waals surface area contributed by atoms with Gasteiger partial charge in [-0.2, -0.15) is 5.26 Å². The maximum Gasteiger partial charge on any atom is 0.271 e. The zero-order valence-electron chi connectivity index (χ0n) is 17.2. The van der Waals surface area contributed by atoms with E-state index in [1.165, 1.54) is 6.92 Å². The number of para-hydroxylation sites is 1. The lowest BCUT2D eigenvalue weighted by Crippen LogP contribution is -2.27. The summed E-state index contributed by atoms with van der Waals surface area (Å²) in [6.45, 7) is 3.39. The molecule has 0 saturated heterocycles. The molecule has 0 saturated carbocycles. The number of nitrogens with zero attached hydrogens (tertiary/aromatic N) is 2. The quantitative estimate of drug-likeness (QED) is 0.494. The molecule has 6 nitrogen and oxygen atoms in total. The number of aryl methyl sites for hydroxylation is 2. The number of hydrogen-bond donors (Lipinski definition) is 1. The smallest absolute Gasteiger partial charge is 0.271 e. The summed E-state index contributed by atoms with van der Waals surface area (Å²) in [7, 11) is 0. The van der Waals surface area contributed by atoms with Gasteiger partial charge in [-0.05, 0) is 37.5 Å². The van der Waals surface area contributed by atoms with Crippen molar-refractivity contribution in [2.45, 2.75) is 26.8 Å². The third kappa shape index (κ3) is 3.40. The number of carbonyl (C=O) groups excluding carboxylic acids is 1. The van der Waals surface area contributed by atoms with E-state index in [1.807, 2.05) is 48.5 Å². The standard InChI is InChI=1S/C25H20N2O4/c1-15-19(14-26)24(29)27(13-12-17-8-4-3-5-9-17)25(30)21(15)22(28)23-16(2)18-10-6-7-11-20(18)31-23/h3-11,30H,12-13H2,1-2H3. The van der Waals surface area contributed by atoms with Crippen LogP contribution in [0, 0.1) is 25.2 Å². The number of ketones is 1. The number of benzene rings is 2. The predicted molar refractivity (Wildman–Crippen MR) is 116 cm³/mol. The first-order valence-electron chi connectivity index (χ1n) is 9.87. The lowest BCUT2D eigenvalue weighted by Gasteiger charge is -2.15. The van der Waals surface area contributed by atoms with Crippen LogP contribution < -0.4 is 5.56 Å². The summed E-state index contributed by atoms with van der Waals surface area (Å²) in [4.78, 5) is 26.2. The molecule has 0 amide bonds. The zero-order valence-corrected chi connectivity index (χ0v) is 17.2. The molecule has 0 aliphatic carbocycles. The summed E-state index contributed by atoms with van der Waals surface area (Å²) in [6, 6.07) is 18.6. The molecule has 0 aliphatic rings. The zero-order chi connectivity index (χ0) is 22.1. The van der Waals surface area contributed by atoms with Crippen molar-refractivity contribution in [3.05, 3.63) is 98.5 Å². The predicted octanol–water partition coefficient (Wildman–Crippen LogP) is 4.26. The fourth-order valence-corrected chi connectivity index (χ4v) is 3.82. The first kappa shape index (κ1) is 20.2. The fourth-order valence-electron chi connectivity index (χ4n) is 3.82. The van der Waals surface area contributed by atoms with Crippen molar-refractivity contribution in [1.82, 2.24) is 4.57 Å². The van der Waals surface area contributed by atoms with Crippen LogP contribution >= 0.6 is 0 Å². The van der Waals surface area contributed by atoms with E-state index in [9.17, 15) is 20.0 Å². The number of hydrogen-bond acceptors (Lipinski definition) is 5. The molecule has 6 heteroatoms. The maximum atomic E-state index is 13.4. The normalized spacial score (nSPS) is 10.9. The Labute approximate surface area is 178 Å². The minimum atomic E-state index is -0.619. The van der Waals surface area contributed by atoms with Crippen LogP contribution in [-0.4, -0.2) is 15.5 Å². The topological polar surface area (TPSA) is 96.2 Å². The molecule has 4 rings (SSSR count). The lowest BCUT2D eigenvalue weighted by molar-refractivity contribution is 0.101. The van der Waals surface area contributed by atoms with Gasteiger partial charge >= 0.3 is 0 Å². The van der Waals surface area contributed by atoms with Gasteiger partial charge in [0.15, 0.2) is 5.76 Å². The van der Waals surface area contributed by atoms with E-state index in [1.54, 1.807) is 19.1 Å². The Balaban J connectivity index is 1.85. The molecule has 0 bridgehead atoms. The number of pyridine rings is 1. The molecule has 2 aromatic carbocycles. The first-order valence-corrected chi connectivity index (χ1v) is 9.87. The molecule has 0 spiro atoms. The second-order valence-corrected chi connectivity index (χ2v) is 7.38. The van der Waals surface area contributed by atoms with E-state index in [2.05, 4.69) is 0 Å². The molecular weight excluding hydrogens is 392 g/mol. The van der Waals surface area contributed by atoms with Crippen LogP contribution in [0.25, 0.3) is 11.0 Å². The Morgan fingerprint density at radius 2 is 1.74 bits per heavy atom. The molecule has 31 heavy (non-hydrogen) atoms. The van der Waals surface area contributed by atoms with Crippen molar-refractivity contribution in [2.75, 3.05) is 0 Å². The van der Waals surface area contributed by atoms with Crippen LogP contribution in [0.3, 0.4) is 0 Å². The van der Waals surface area contributed by atoms with Gasteiger partial charge in [-0.25, -0.2) is 0 Å². The van der Waals surface area contributed by atoms with Gasteiger partial charge in [0.1, 0.15) is 17.2 Å². The molecule has 0 radical (unpaired) electrons. The second-order valence-electron chi connectivity index (χ2n) is 7.38. The molecular formula is C25H20N2O4. The Bertz CT molecular complexity index is 1410. The van der Waals surface area contributed by atoms with Crippen molar-refractivity contribution in [3.8, 4) is 11.9 Å². The molecule has 154 valence electrons. The van der Waals surface area contributed by atoms with E-state index in [0.29, 0.717) is 17.6 Å². The van der Waals surface area contributed by atoms with Crippen molar-refractivity contribution < 1.29 is 14.3 Å². The number of furan rings is 1. The summed E-state index contributed by atoms with van der Waals surface area (Å²) in [5.74, 6) is -0.937. The van der Waals surface area contributed by atoms with E-state index < -0.39 is 17.2 Å². The summed E-state index contributed by atoms with van der Waals surface area (Å²) in [5.41, 5.74) is 1.43. The van der Waals surface area contributed by atoms with Crippen LogP contribution in [0.15, 0.2) is 63.8 Å². The van der Waals surface area contributed by atoms with Crippen molar-refractivity contribution in [3.63, 3.8) is 0 Å². The summed E-state index contributed by atoms with van der Waals surface area (Å²) in [5, 5.41) is 21.3. The molecule has 0 atom stereocenters. The van der Waals surface area contributed by atoms with Crippen molar-refractivity contribution in [1.29, 1.82) is 5.26 Å². The van der Waals surface area contributed by atoms with E-state index >= 15 is 0 Å². The van der Waals surface area contributed by atoms with Crippen LogP contribution in [0.4, 0.5) is 0 Å². The Morgan fingerprint density at radius 1 is 1.06 bits per heavy atom. The minimum Gasteiger partial charge on any atom is -0.494 e. The number of aromatic nitrogens is 1. The highest BCUT2D eigenvalue weighted by Crippen LogP contribution is 2.31.